The van der Waals surface area contributed by atoms with Crippen molar-refractivity contribution in [3.63, 3.8) is 0 Å². The van der Waals surface area contributed by atoms with E-state index in [9.17, 15) is 17.6 Å². The lowest BCUT2D eigenvalue weighted by Gasteiger charge is -2.15. The molecule has 0 aliphatic heterocycles. The number of aromatic nitrogens is 2. The molecule has 4 rings (SSSR count). The molecule has 13 heteroatoms. The van der Waals surface area contributed by atoms with E-state index in [4.69, 9.17) is 31.9 Å². The number of fused-ring (bicyclic) bond motifs is 1. The Morgan fingerprint density at radius 3 is 2.00 bits per heavy atom. The van der Waals surface area contributed by atoms with Gasteiger partial charge in [-0.2, -0.15) is 22.8 Å². The minimum Gasteiger partial charge on any atom is -0.497 e. The summed E-state index contributed by atoms with van der Waals surface area (Å²) in [4.78, 5) is 11.5. The fourth-order valence-electron chi connectivity index (χ4n) is 3.50. The molecule has 1 heterocycles. The van der Waals surface area contributed by atoms with E-state index in [0.717, 1.165) is 17.9 Å². The van der Waals surface area contributed by atoms with Crippen molar-refractivity contribution < 1.29 is 27.0 Å². The summed E-state index contributed by atoms with van der Waals surface area (Å²) in [5.74, 6) is -5.43. The van der Waals surface area contributed by atoms with Gasteiger partial charge in [-0.1, -0.05) is 30.4 Å². The predicted molar refractivity (Wildman–Crippen MR) is 170 cm³/mol. The highest BCUT2D eigenvalue weighted by Gasteiger charge is 2.35. The van der Waals surface area contributed by atoms with Crippen LogP contribution in [0.25, 0.3) is 11.0 Å². The number of nitrogens with zero attached hydrogens (tertiary/aromatic N) is 4. The Labute approximate surface area is 258 Å². The number of hydrogen-bond acceptors (Lipinski definition) is 9. The first-order valence-electron chi connectivity index (χ1n) is 13.1. The molecule has 0 saturated carbocycles. The number of para-hydroxylation sites is 1. The van der Waals surface area contributed by atoms with Gasteiger partial charge in [-0.15, -0.1) is 13.2 Å². The van der Waals surface area contributed by atoms with E-state index in [2.05, 4.69) is 28.1 Å². The van der Waals surface area contributed by atoms with E-state index in [-0.39, 0.29) is 5.82 Å². The molecule has 0 radical (unpaired) electrons. The van der Waals surface area contributed by atoms with Crippen molar-refractivity contribution in [2.24, 2.45) is 4.99 Å². The Kier molecular flexibility index (Phi) is 12.9. The molecule has 6 N–H and O–H groups in total. The van der Waals surface area contributed by atoms with Gasteiger partial charge in [0.05, 0.1) is 42.3 Å². The summed E-state index contributed by atoms with van der Waals surface area (Å²) in [5, 5.41) is 8.65. The molecule has 3 aromatic carbocycles. The zero-order valence-electron chi connectivity index (χ0n) is 24.7. The number of allylic oxidation sites excluding steroid dienone is 2. The second kappa shape index (κ2) is 16.3. The van der Waals surface area contributed by atoms with Crippen LogP contribution in [0.1, 0.15) is 18.5 Å². The number of aliphatic imine (C=N–C) groups is 1. The first-order chi connectivity index (χ1) is 21.3. The lowest BCUT2D eigenvalue weighted by atomic mass is 10.1. The zero-order valence-corrected chi connectivity index (χ0v) is 24.7. The fraction of sp³-hybridized carbons (Fsp3) is 0.188. The Bertz CT molecular complexity index is 1670. The van der Waals surface area contributed by atoms with Crippen LogP contribution in [-0.4, -0.2) is 35.8 Å². The predicted octanol–water partition coefficient (Wildman–Crippen LogP) is 7.24. The molecule has 45 heavy (non-hydrogen) atoms. The number of anilines is 3. The summed E-state index contributed by atoms with van der Waals surface area (Å²) in [7, 11) is 3.09. The van der Waals surface area contributed by atoms with Gasteiger partial charge in [-0.05, 0) is 36.4 Å². The molecular formula is C32H33F4N7O2. The average Bonchev–Trinajstić information content (AvgIpc) is 3.01. The highest BCUT2D eigenvalue weighted by atomic mass is 19.3. The molecule has 0 unspecified atom stereocenters. The number of ether oxygens (including phenoxy) is 2. The van der Waals surface area contributed by atoms with Crippen LogP contribution in [0.15, 0.2) is 97.0 Å². The summed E-state index contributed by atoms with van der Waals surface area (Å²) >= 11 is 0. The number of rotatable bonds is 9. The normalized spacial score (nSPS) is 11.2. The second-order valence-electron chi connectivity index (χ2n) is 9.11. The summed E-state index contributed by atoms with van der Waals surface area (Å²) in [6.45, 7) is 6.53. The van der Waals surface area contributed by atoms with Crippen LogP contribution in [0.5, 0.6) is 11.5 Å². The van der Waals surface area contributed by atoms with Gasteiger partial charge < -0.3 is 26.7 Å². The average molecular weight is 624 g/mol. The van der Waals surface area contributed by atoms with Crippen LogP contribution >= 0.6 is 0 Å². The quantitative estimate of drug-likeness (QED) is 0.0761. The Hall–Kier alpha value is -5.64. The van der Waals surface area contributed by atoms with Crippen LogP contribution in [0, 0.1) is 11.3 Å². The van der Waals surface area contributed by atoms with E-state index in [0.29, 0.717) is 33.8 Å². The molecule has 9 nitrogen and oxygen atoms in total. The first kappa shape index (κ1) is 35.6. The molecule has 0 spiro atoms. The van der Waals surface area contributed by atoms with E-state index >= 15 is 0 Å². The third-order valence-corrected chi connectivity index (χ3v) is 5.79. The number of methoxy groups -OCH3 is 2. The fourth-order valence-corrected chi connectivity index (χ4v) is 3.50. The number of alkyl halides is 4. The number of halogens is 4. The maximum absolute atomic E-state index is 13.8. The minimum atomic E-state index is -3.26. The molecule has 236 valence electrons. The first-order valence-corrected chi connectivity index (χ1v) is 13.1. The number of hydrogen-bond donors (Lipinski definition) is 3. The molecule has 0 aliphatic rings. The van der Waals surface area contributed by atoms with Gasteiger partial charge in [0.2, 0.25) is 0 Å². The Morgan fingerprint density at radius 2 is 1.44 bits per heavy atom. The summed E-state index contributed by atoms with van der Waals surface area (Å²) < 4.78 is 64.3. The van der Waals surface area contributed by atoms with Crippen LogP contribution in [-0.2, 0) is 5.92 Å². The Morgan fingerprint density at radius 1 is 0.844 bits per heavy atom. The SMILES string of the molecule is C=CCC(F)(F)C(C#N)=Nc1ccccc1.C=CCC(F)(F)c1nc2ccc(OC)cc2nc1N.COc1ccc(N)c(N)c1. The number of nitriles is 1. The standard InChI is InChI=1S/C13H13F2N3O.C12H10F2N2.C7H10N2O/c1-3-6-13(14,15)11-12(16)18-10-7-8(19-2)4-5-9(10)17-11;1-2-8-12(13,14)11(9-15)16-10-6-4-3-5-7-10;1-10-5-2-3-6(8)7(9)4-5/h3-5,7H,1,6H2,2H3,(H2,16,18);2-7H,1,8H2;2-4H,8-9H2,1H3. The Balaban J connectivity index is 0.000000246. The lowest BCUT2D eigenvalue weighted by Crippen LogP contribution is -2.26. The summed E-state index contributed by atoms with van der Waals surface area (Å²) in [5.41, 5.74) is 17.4. The van der Waals surface area contributed by atoms with Crippen molar-refractivity contribution in [3.8, 4) is 17.6 Å². The van der Waals surface area contributed by atoms with E-state index in [1.165, 1.54) is 13.2 Å². The maximum atomic E-state index is 13.8. The van der Waals surface area contributed by atoms with Crippen LogP contribution in [0.4, 0.5) is 40.4 Å². The van der Waals surface area contributed by atoms with E-state index in [1.807, 2.05) is 0 Å². The third-order valence-electron chi connectivity index (χ3n) is 5.79. The number of benzene rings is 3. The van der Waals surface area contributed by atoms with Crippen LogP contribution in [0.2, 0.25) is 0 Å². The van der Waals surface area contributed by atoms with Gasteiger partial charge in [0.25, 0.3) is 5.92 Å². The minimum absolute atomic E-state index is 0.285. The van der Waals surface area contributed by atoms with Crippen molar-refractivity contribution in [3.05, 3.63) is 97.7 Å². The zero-order chi connectivity index (χ0) is 33.6. The molecule has 4 aromatic rings. The van der Waals surface area contributed by atoms with Gasteiger partial charge in [0.1, 0.15) is 17.6 Å². The molecule has 0 fully saturated rings. The molecule has 0 saturated heterocycles. The highest BCUT2D eigenvalue weighted by molar-refractivity contribution is 6.05. The van der Waals surface area contributed by atoms with Gasteiger partial charge in [-0.3, -0.25) is 0 Å². The van der Waals surface area contributed by atoms with Gasteiger partial charge in [-0.25, -0.2) is 15.0 Å². The van der Waals surface area contributed by atoms with Gasteiger partial charge in [0.15, 0.2) is 17.2 Å². The highest BCUT2D eigenvalue weighted by Crippen LogP contribution is 2.35. The van der Waals surface area contributed by atoms with Crippen LogP contribution in [0.3, 0.4) is 0 Å². The monoisotopic (exact) mass is 623 g/mol. The molecule has 0 atom stereocenters. The van der Waals surface area contributed by atoms with Gasteiger partial charge in [0, 0.05) is 25.0 Å². The topological polar surface area (TPSA) is 158 Å². The van der Waals surface area contributed by atoms with Crippen LogP contribution < -0.4 is 26.7 Å². The number of nitrogen functional groups attached to an aromatic ring is 3. The molecule has 0 aliphatic carbocycles. The van der Waals surface area contributed by atoms with Gasteiger partial charge >= 0.3 is 5.92 Å². The van der Waals surface area contributed by atoms with Crippen molar-refractivity contribution >= 4 is 39.6 Å². The third kappa shape index (κ3) is 10.2. The maximum Gasteiger partial charge on any atom is 0.302 e. The van der Waals surface area contributed by atoms with Crippen molar-refractivity contribution in [1.29, 1.82) is 5.26 Å². The van der Waals surface area contributed by atoms with Crippen molar-refractivity contribution in [1.82, 2.24) is 9.97 Å². The molecular weight excluding hydrogens is 590 g/mol. The summed E-state index contributed by atoms with van der Waals surface area (Å²) in [6, 6.07) is 19.6. The molecule has 0 amide bonds. The molecule has 1 aromatic heterocycles. The molecule has 0 bridgehead atoms. The number of nitrogens with two attached hydrogens (primary N) is 3. The van der Waals surface area contributed by atoms with E-state index < -0.39 is 36.1 Å². The van der Waals surface area contributed by atoms with E-state index in [1.54, 1.807) is 73.8 Å². The summed E-state index contributed by atoms with van der Waals surface area (Å²) in [6.07, 6.45) is 1.07. The smallest absolute Gasteiger partial charge is 0.302 e. The largest absolute Gasteiger partial charge is 0.497 e. The van der Waals surface area contributed by atoms with Crippen molar-refractivity contribution in [2.75, 3.05) is 31.4 Å². The van der Waals surface area contributed by atoms with Crippen molar-refractivity contribution in [2.45, 2.75) is 24.7 Å². The second-order valence-corrected chi connectivity index (χ2v) is 9.11. The lowest BCUT2D eigenvalue weighted by molar-refractivity contribution is -0.00450.